The number of hydrazine groups is 1. The van der Waals surface area contributed by atoms with E-state index in [-0.39, 0.29) is 24.4 Å². The third kappa shape index (κ3) is 4.29. The van der Waals surface area contributed by atoms with E-state index in [4.69, 9.17) is 9.47 Å². The summed E-state index contributed by atoms with van der Waals surface area (Å²) in [6.45, 7) is 0.114. The summed E-state index contributed by atoms with van der Waals surface area (Å²) < 4.78 is 24.1. The van der Waals surface area contributed by atoms with Crippen molar-refractivity contribution in [1.82, 2.24) is 10.9 Å². The summed E-state index contributed by atoms with van der Waals surface area (Å²) in [6, 6.07) is 10.4. The molecule has 0 radical (unpaired) electrons. The molecule has 1 atom stereocenters. The van der Waals surface area contributed by atoms with Crippen LogP contribution >= 0.6 is 0 Å². The Kier molecular flexibility index (Phi) is 5.96. The van der Waals surface area contributed by atoms with Crippen LogP contribution in [0.5, 0.6) is 11.5 Å². The predicted molar refractivity (Wildman–Crippen MR) is 102 cm³/mol. The summed E-state index contributed by atoms with van der Waals surface area (Å²) in [6.07, 6.45) is -0.0312. The molecule has 1 aliphatic heterocycles. The van der Waals surface area contributed by atoms with Crippen molar-refractivity contribution in [2.24, 2.45) is 5.92 Å². The van der Waals surface area contributed by atoms with Gasteiger partial charge in [0.2, 0.25) is 11.8 Å². The summed E-state index contributed by atoms with van der Waals surface area (Å²) in [5.74, 6) is -1.96. The summed E-state index contributed by atoms with van der Waals surface area (Å²) in [5, 5.41) is 0. The molecular weight excluding hydrogens is 381 g/mol. The molecule has 152 valence electrons. The molecule has 0 aliphatic carbocycles. The normalized spacial score (nSPS) is 15.8. The number of benzene rings is 2. The maximum Gasteiger partial charge on any atom is 0.272 e. The fourth-order valence-corrected chi connectivity index (χ4v) is 3.06. The Bertz CT molecular complexity index is 949. The molecule has 3 amide bonds. The lowest BCUT2D eigenvalue weighted by Crippen LogP contribution is -2.45. The van der Waals surface area contributed by atoms with Crippen molar-refractivity contribution in [3.8, 4) is 11.5 Å². The zero-order valence-corrected chi connectivity index (χ0v) is 15.9. The molecule has 2 aromatic rings. The molecule has 1 unspecified atom stereocenters. The van der Waals surface area contributed by atoms with E-state index in [1.165, 1.54) is 37.3 Å². The molecule has 0 saturated carbocycles. The van der Waals surface area contributed by atoms with Crippen molar-refractivity contribution in [3.63, 3.8) is 0 Å². The molecule has 2 aromatic carbocycles. The minimum atomic E-state index is -0.783. The highest BCUT2D eigenvalue weighted by atomic mass is 19.1. The highest BCUT2D eigenvalue weighted by molar-refractivity contribution is 6.02. The number of hydrogen-bond acceptors (Lipinski definition) is 5. The van der Waals surface area contributed by atoms with Crippen LogP contribution in [0.1, 0.15) is 16.8 Å². The zero-order chi connectivity index (χ0) is 21.0. The van der Waals surface area contributed by atoms with Crippen LogP contribution in [0, 0.1) is 11.7 Å². The average Bonchev–Trinajstić information content (AvgIpc) is 3.13. The zero-order valence-electron chi connectivity index (χ0n) is 15.9. The number of anilines is 1. The predicted octanol–water partition coefficient (Wildman–Crippen LogP) is 1.66. The molecule has 0 bridgehead atoms. The van der Waals surface area contributed by atoms with E-state index in [0.29, 0.717) is 17.2 Å². The van der Waals surface area contributed by atoms with E-state index in [2.05, 4.69) is 10.9 Å². The SMILES string of the molecule is COc1ccc(N2CC(C(=O)NNC(=O)c3ccccc3F)CC2=O)c(OC)c1. The lowest BCUT2D eigenvalue weighted by atomic mass is 10.1. The monoisotopic (exact) mass is 401 g/mol. The molecular formula is C20H20FN3O5. The molecule has 1 saturated heterocycles. The molecule has 1 heterocycles. The molecule has 29 heavy (non-hydrogen) atoms. The van der Waals surface area contributed by atoms with Gasteiger partial charge in [-0.05, 0) is 24.3 Å². The van der Waals surface area contributed by atoms with Crippen LogP contribution < -0.4 is 25.2 Å². The number of halogens is 1. The van der Waals surface area contributed by atoms with Crippen molar-refractivity contribution >= 4 is 23.4 Å². The summed E-state index contributed by atoms with van der Waals surface area (Å²) in [7, 11) is 2.99. The largest absolute Gasteiger partial charge is 0.497 e. The van der Waals surface area contributed by atoms with Gasteiger partial charge in [-0.15, -0.1) is 0 Å². The van der Waals surface area contributed by atoms with Crippen LogP contribution in [0.3, 0.4) is 0 Å². The van der Waals surface area contributed by atoms with Crippen molar-refractivity contribution in [2.45, 2.75) is 6.42 Å². The van der Waals surface area contributed by atoms with Gasteiger partial charge in [-0.2, -0.15) is 0 Å². The molecule has 1 aliphatic rings. The van der Waals surface area contributed by atoms with Gasteiger partial charge in [0.15, 0.2) is 0 Å². The molecule has 0 aromatic heterocycles. The fraction of sp³-hybridized carbons (Fsp3) is 0.250. The minimum Gasteiger partial charge on any atom is -0.497 e. The van der Waals surface area contributed by atoms with Gasteiger partial charge < -0.3 is 14.4 Å². The van der Waals surface area contributed by atoms with Gasteiger partial charge in [0.1, 0.15) is 17.3 Å². The second-order valence-electron chi connectivity index (χ2n) is 6.37. The Labute approximate surface area is 166 Å². The van der Waals surface area contributed by atoms with Crippen LogP contribution in [0.2, 0.25) is 0 Å². The second-order valence-corrected chi connectivity index (χ2v) is 6.37. The molecule has 1 fully saturated rings. The maximum absolute atomic E-state index is 13.6. The third-order valence-corrected chi connectivity index (χ3v) is 4.59. The fourth-order valence-electron chi connectivity index (χ4n) is 3.06. The van der Waals surface area contributed by atoms with E-state index in [0.717, 1.165) is 6.07 Å². The Balaban J connectivity index is 1.65. The molecule has 9 heteroatoms. The van der Waals surface area contributed by atoms with Gasteiger partial charge in [0.05, 0.1) is 31.4 Å². The smallest absolute Gasteiger partial charge is 0.272 e. The first-order chi connectivity index (χ1) is 13.9. The Hall–Kier alpha value is -3.62. The Morgan fingerprint density at radius 2 is 1.86 bits per heavy atom. The van der Waals surface area contributed by atoms with E-state index < -0.39 is 23.5 Å². The summed E-state index contributed by atoms with van der Waals surface area (Å²) >= 11 is 0. The first-order valence-corrected chi connectivity index (χ1v) is 8.81. The van der Waals surface area contributed by atoms with Crippen molar-refractivity contribution in [3.05, 3.63) is 53.8 Å². The van der Waals surface area contributed by atoms with Crippen LogP contribution in [-0.4, -0.2) is 38.5 Å². The number of ether oxygens (including phenoxy) is 2. The topological polar surface area (TPSA) is 97.0 Å². The number of nitrogens with zero attached hydrogens (tertiary/aromatic N) is 1. The van der Waals surface area contributed by atoms with Gasteiger partial charge >= 0.3 is 0 Å². The number of methoxy groups -OCH3 is 2. The van der Waals surface area contributed by atoms with Gasteiger partial charge in [0.25, 0.3) is 5.91 Å². The van der Waals surface area contributed by atoms with Crippen LogP contribution in [0.25, 0.3) is 0 Å². The van der Waals surface area contributed by atoms with E-state index >= 15 is 0 Å². The Morgan fingerprint density at radius 3 is 2.55 bits per heavy atom. The summed E-state index contributed by atoms with van der Waals surface area (Å²) in [4.78, 5) is 38.3. The first-order valence-electron chi connectivity index (χ1n) is 8.81. The van der Waals surface area contributed by atoms with Gasteiger partial charge in [-0.1, -0.05) is 12.1 Å². The maximum atomic E-state index is 13.6. The lowest BCUT2D eigenvalue weighted by Gasteiger charge is -2.20. The lowest BCUT2D eigenvalue weighted by molar-refractivity contribution is -0.126. The number of carbonyl (C=O) groups is 3. The number of nitrogens with one attached hydrogen (secondary N) is 2. The van der Waals surface area contributed by atoms with Gasteiger partial charge in [-0.3, -0.25) is 25.2 Å². The highest BCUT2D eigenvalue weighted by Gasteiger charge is 2.36. The van der Waals surface area contributed by atoms with E-state index in [1.807, 2.05) is 0 Å². The molecule has 2 N–H and O–H groups in total. The summed E-state index contributed by atoms with van der Waals surface area (Å²) in [5.41, 5.74) is 4.75. The Morgan fingerprint density at radius 1 is 1.10 bits per heavy atom. The quantitative estimate of drug-likeness (QED) is 0.743. The van der Waals surface area contributed by atoms with Gasteiger partial charge in [0, 0.05) is 19.0 Å². The second kappa shape index (κ2) is 8.59. The third-order valence-electron chi connectivity index (χ3n) is 4.59. The van der Waals surface area contributed by atoms with E-state index in [9.17, 15) is 18.8 Å². The number of carbonyl (C=O) groups excluding carboxylic acids is 3. The van der Waals surface area contributed by atoms with Crippen LogP contribution in [-0.2, 0) is 9.59 Å². The van der Waals surface area contributed by atoms with Crippen molar-refractivity contribution in [1.29, 1.82) is 0 Å². The standard InChI is InChI=1S/C20H20FN3O5/c1-28-13-7-8-16(17(10-13)29-2)24-11-12(9-18(24)25)19(26)22-23-20(27)14-5-3-4-6-15(14)21/h3-8,10,12H,9,11H2,1-2H3,(H,22,26)(H,23,27). The number of hydrogen-bond donors (Lipinski definition) is 2. The molecule has 3 rings (SSSR count). The van der Waals surface area contributed by atoms with Gasteiger partial charge in [-0.25, -0.2) is 4.39 Å². The van der Waals surface area contributed by atoms with Crippen molar-refractivity contribution < 1.29 is 28.2 Å². The highest BCUT2D eigenvalue weighted by Crippen LogP contribution is 2.35. The van der Waals surface area contributed by atoms with Crippen LogP contribution in [0.4, 0.5) is 10.1 Å². The average molecular weight is 401 g/mol. The number of rotatable bonds is 5. The van der Waals surface area contributed by atoms with Crippen molar-refractivity contribution in [2.75, 3.05) is 25.7 Å². The van der Waals surface area contributed by atoms with Crippen LogP contribution in [0.15, 0.2) is 42.5 Å². The van der Waals surface area contributed by atoms with E-state index in [1.54, 1.807) is 18.2 Å². The molecule has 0 spiro atoms. The minimum absolute atomic E-state index is 0.0312. The molecule has 8 nitrogen and oxygen atoms in total. The number of amides is 3. The first kappa shape index (κ1) is 20.1.